The molecule has 4 nitrogen and oxygen atoms in total. The molecule has 0 bridgehead atoms. The minimum Gasteiger partial charge on any atom is -0.459 e. The molecule has 4 heteroatoms. The van der Waals surface area contributed by atoms with Crippen molar-refractivity contribution in [2.75, 3.05) is 0 Å². The fraction of sp³-hybridized carbons (Fsp3) is 0.412. The molecule has 21 heavy (non-hydrogen) atoms. The van der Waals surface area contributed by atoms with Crippen molar-refractivity contribution in [3.05, 3.63) is 42.1 Å². The van der Waals surface area contributed by atoms with Gasteiger partial charge in [0.1, 0.15) is 11.1 Å². The first kappa shape index (κ1) is 15.4. The fourth-order valence-electron chi connectivity index (χ4n) is 2.10. The summed E-state index contributed by atoms with van der Waals surface area (Å²) in [5.41, 5.74) is 6.38. The molecule has 112 valence electrons. The van der Waals surface area contributed by atoms with Crippen LogP contribution >= 0.6 is 0 Å². The zero-order valence-electron chi connectivity index (χ0n) is 13.0. The number of aromatic nitrogens is 1. The van der Waals surface area contributed by atoms with Crippen molar-refractivity contribution in [1.29, 1.82) is 0 Å². The first-order valence-electron chi connectivity index (χ1n) is 7.03. The highest BCUT2D eigenvalue weighted by Crippen LogP contribution is 2.19. The Morgan fingerprint density at radius 2 is 1.90 bits per heavy atom. The van der Waals surface area contributed by atoms with Gasteiger partial charge in [0.05, 0.1) is 5.52 Å². The minimum atomic E-state index is -1.07. The van der Waals surface area contributed by atoms with Crippen molar-refractivity contribution in [2.45, 2.75) is 45.3 Å². The fourth-order valence-corrected chi connectivity index (χ4v) is 2.10. The number of nitrogens with zero attached hydrogens (tertiary/aromatic N) is 1. The number of fused-ring (bicyclic) bond motifs is 1. The van der Waals surface area contributed by atoms with E-state index in [1.807, 2.05) is 51.1 Å². The average molecular weight is 286 g/mol. The Labute approximate surface area is 125 Å². The maximum absolute atomic E-state index is 12.2. The number of pyridine rings is 1. The molecular formula is C17H22N2O2. The number of esters is 1. The van der Waals surface area contributed by atoms with Gasteiger partial charge in [0, 0.05) is 18.0 Å². The van der Waals surface area contributed by atoms with E-state index in [-0.39, 0.29) is 0 Å². The van der Waals surface area contributed by atoms with Gasteiger partial charge in [-0.1, -0.05) is 18.2 Å². The van der Waals surface area contributed by atoms with Crippen LogP contribution < -0.4 is 5.73 Å². The summed E-state index contributed by atoms with van der Waals surface area (Å²) in [5, 5.41) is 1.04. The van der Waals surface area contributed by atoms with Crippen LogP contribution in [0.15, 0.2) is 36.5 Å². The van der Waals surface area contributed by atoms with E-state index in [0.717, 1.165) is 16.5 Å². The molecule has 2 aromatic rings. The van der Waals surface area contributed by atoms with Gasteiger partial charge in [0.2, 0.25) is 0 Å². The van der Waals surface area contributed by atoms with Crippen molar-refractivity contribution < 1.29 is 9.53 Å². The lowest BCUT2D eigenvalue weighted by Crippen LogP contribution is -2.50. The van der Waals surface area contributed by atoms with Gasteiger partial charge in [0.25, 0.3) is 0 Å². The predicted octanol–water partition coefficient (Wildman–Crippen LogP) is 2.84. The minimum absolute atomic E-state index is 0.389. The molecule has 0 radical (unpaired) electrons. The zero-order valence-corrected chi connectivity index (χ0v) is 13.0. The first-order valence-corrected chi connectivity index (χ1v) is 7.03. The maximum Gasteiger partial charge on any atom is 0.326 e. The highest BCUT2D eigenvalue weighted by Gasteiger charge is 2.33. The Hall–Kier alpha value is -1.94. The van der Waals surface area contributed by atoms with Gasteiger partial charge in [-0.2, -0.15) is 0 Å². The molecule has 0 aliphatic heterocycles. The molecule has 0 aliphatic carbocycles. The Bertz CT molecular complexity index is 657. The Balaban J connectivity index is 2.19. The summed E-state index contributed by atoms with van der Waals surface area (Å²) in [6.45, 7) is 7.19. The Kier molecular flexibility index (Phi) is 4.01. The lowest BCUT2D eigenvalue weighted by molar-refractivity contribution is -0.160. The van der Waals surface area contributed by atoms with Crippen molar-refractivity contribution in [3.63, 3.8) is 0 Å². The highest BCUT2D eigenvalue weighted by molar-refractivity contribution is 5.82. The van der Waals surface area contributed by atoms with Crippen molar-refractivity contribution in [3.8, 4) is 0 Å². The summed E-state index contributed by atoms with van der Waals surface area (Å²) in [6.07, 6.45) is 2.15. The SMILES string of the molecule is CC(C)(C)OC(=O)C(C)(N)Cc1cnc2ccccc2c1. The molecule has 1 atom stereocenters. The number of ether oxygens (including phenoxy) is 1. The number of para-hydroxylation sites is 1. The van der Waals surface area contributed by atoms with Crippen LogP contribution in [0.3, 0.4) is 0 Å². The second-order valence-electron chi connectivity index (χ2n) is 6.63. The number of rotatable bonds is 3. The predicted molar refractivity (Wildman–Crippen MR) is 83.9 cm³/mol. The second kappa shape index (κ2) is 5.45. The lowest BCUT2D eigenvalue weighted by Gasteiger charge is -2.28. The summed E-state index contributed by atoms with van der Waals surface area (Å²) in [6, 6.07) is 9.87. The summed E-state index contributed by atoms with van der Waals surface area (Å²) in [5.74, 6) is -0.400. The van der Waals surface area contributed by atoms with E-state index in [1.54, 1.807) is 13.1 Å². The van der Waals surface area contributed by atoms with E-state index in [0.29, 0.717) is 6.42 Å². The molecule has 0 saturated heterocycles. The number of hydrogen-bond donors (Lipinski definition) is 1. The second-order valence-corrected chi connectivity index (χ2v) is 6.63. The van der Waals surface area contributed by atoms with E-state index in [2.05, 4.69) is 4.98 Å². The molecule has 2 N–H and O–H groups in total. The standard InChI is InChI=1S/C17H22N2O2/c1-16(2,3)21-15(20)17(4,18)10-12-9-13-7-5-6-8-14(13)19-11-12/h5-9,11H,10,18H2,1-4H3. The van der Waals surface area contributed by atoms with Gasteiger partial charge in [-0.15, -0.1) is 0 Å². The summed E-state index contributed by atoms with van der Waals surface area (Å²) in [7, 11) is 0. The van der Waals surface area contributed by atoms with Crippen LogP contribution in [0.4, 0.5) is 0 Å². The topological polar surface area (TPSA) is 65.2 Å². The molecule has 0 fully saturated rings. The van der Waals surface area contributed by atoms with Gasteiger partial charge < -0.3 is 10.5 Å². The van der Waals surface area contributed by atoms with Crippen LogP contribution in [-0.4, -0.2) is 22.1 Å². The van der Waals surface area contributed by atoms with Gasteiger partial charge in [-0.05, 0) is 45.4 Å². The van der Waals surface area contributed by atoms with Crippen molar-refractivity contribution in [1.82, 2.24) is 4.98 Å². The van der Waals surface area contributed by atoms with E-state index < -0.39 is 17.1 Å². The molecule has 1 heterocycles. The number of carbonyl (C=O) groups excluding carboxylic acids is 1. The molecule has 1 aromatic carbocycles. The first-order chi connectivity index (χ1) is 9.67. The van der Waals surface area contributed by atoms with Crippen LogP contribution in [0.2, 0.25) is 0 Å². The number of carbonyl (C=O) groups is 1. The summed E-state index contributed by atoms with van der Waals surface area (Å²) in [4.78, 5) is 16.6. The van der Waals surface area contributed by atoms with Gasteiger partial charge in [-0.25, -0.2) is 0 Å². The zero-order chi connectivity index (χ0) is 15.7. The van der Waals surface area contributed by atoms with Crippen LogP contribution in [0.25, 0.3) is 10.9 Å². The third kappa shape index (κ3) is 4.02. The van der Waals surface area contributed by atoms with Crippen LogP contribution in [0, 0.1) is 0 Å². The Morgan fingerprint density at radius 1 is 1.24 bits per heavy atom. The molecule has 1 aromatic heterocycles. The van der Waals surface area contributed by atoms with Gasteiger partial charge >= 0.3 is 5.97 Å². The van der Waals surface area contributed by atoms with E-state index in [1.165, 1.54) is 0 Å². The van der Waals surface area contributed by atoms with Crippen molar-refractivity contribution >= 4 is 16.9 Å². The quantitative estimate of drug-likeness (QED) is 0.881. The van der Waals surface area contributed by atoms with Crippen LogP contribution in [-0.2, 0) is 16.0 Å². The summed E-state index contributed by atoms with van der Waals surface area (Å²) < 4.78 is 5.38. The third-order valence-electron chi connectivity index (χ3n) is 3.08. The molecule has 0 amide bonds. The summed E-state index contributed by atoms with van der Waals surface area (Å²) >= 11 is 0. The molecule has 2 rings (SSSR count). The molecule has 0 aliphatic rings. The van der Waals surface area contributed by atoms with Crippen LogP contribution in [0.1, 0.15) is 33.3 Å². The highest BCUT2D eigenvalue weighted by atomic mass is 16.6. The normalized spacial score (nSPS) is 14.7. The maximum atomic E-state index is 12.2. The monoisotopic (exact) mass is 286 g/mol. The van der Waals surface area contributed by atoms with E-state index >= 15 is 0 Å². The Morgan fingerprint density at radius 3 is 2.57 bits per heavy atom. The molecule has 0 spiro atoms. The largest absolute Gasteiger partial charge is 0.459 e. The lowest BCUT2D eigenvalue weighted by atomic mass is 9.94. The molecular weight excluding hydrogens is 264 g/mol. The van der Waals surface area contributed by atoms with Gasteiger partial charge in [-0.3, -0.25) is 9.78 Å². The molecule has 1 unspecified atom stereocenters. The average Bonchev–Trinajstić information content (AvgIpc) is 2.36. The van der Waals surface area contributed by atoms with E-state index in [4.69, 9.17) is 10.5 Å². The van der Waals surface area contributed by atoms with Crippen molar-refractivity contribution in [2.24, 2.45) is 5.73 Å². The van der Waals surface area contributed by atoms with E-state index in [9.17, 15) is 4.79 Å². The molecule has 0 saturated carbocycles. The third-order valence-corrected chi connectivity index (χ3v) is 3.08. The number of nitrogens with two attached hydrogens (primary N) is 1. The van der Waals surface area contributed by atoms with Gasteiger partial charge in [0.15, 0.2) is 0 Å². The smallest absolute Gasteiger partial charge is 0.326 e. The number of hydrogen-bond acceptors (Lipinski definition) is 4. The number of benzene rings is 1. The van der Waals surface area contributed by atoms with Crippen LogP contribution in [0.5, 0.6) is 0 Å².